The first kappa shape index (κ1) is 13.3. The van der Waals surface area contributed by atoms with Gasteiger partial charge < -0.3 is 10.6 Å². The lowest BCUT2D eigenvalue weighted by atomic mass is 9.96. The summed E-state index contributed by atoms with van der Waals surface area (Å²) in [5.74, 6) is -1.40. The molecule has 1 saturated heterocycles. The molecule has 1 amide bonds. The highest BCUT2D eigenvalue weighted by molar-refractivity contribution is 5.76. The molecule has 94 valence electrons. The molecule has 1 rings (SSSR count). The van der Waals surface area contributed by atoms with Crippen LogP contribution in [0.1, 0.15) is 26.2 Å². The van der Waals surface area contributed by atoms with Crippen molar-refractivity contribution in [2.24, 2.45) is 11.7 Å². The zero-order chi connectivity index (χ0) is 12.3. The first-order valence-electron chi connectivity index (χ1n) is 5.40. The Balaban J connectivity index is 2.40. The van der Waals surface area contributed by atoms with E-state index in [0.717, 1.165) is 0 Å². The highest BCUT2D eigenvalue weighted by Gasteiger charge is 2.41. The molecule has 0 aromatic carbocycles. The highest BCUT2D eigenvalue weighted by Crippen LogP contribution is 2.34. The van der Waals surface area contributed by atoms with Crippen molar-refractivity contribution in [2.45, 2.75) is 38.4 Å². The monoisotopic (exact) mass is 238 g/mol. The van der Waals surface area contributed by atoms with Crippen molar-refractivity contribution in [3.8, 4) is 0 Å². The van der Waals surface area contributed by atoms with Crippen LogP contribution in [0.2, 0.25) is 0 Å². The minimum atomic E-state index is -4.13. The van der Waals surface area contributed by atoms with E-state index in [1.54, 1.807) is 6.92 Å². The van der Waals surface area contributed by atoms with E-state index in [4.69, 9.17) is 5.73 Å². The van der Waals surface area contributed by atoms with Gasteiger partial charge in [-0.25, -0.2) is 0 Å². The third kappa shape index (κ3) is 3.66. The molecule has 1 atom stereocenters. The number of carbonyl (C=O) groups excluding carboxylic acids is 1. The molecule has 0 spiro atoms. The van der Waals surface area contributed by atoms with Crippen LogP contribution >= 0.6 is 0 Å². The summed E-state index contributed by atoms with van der Waals surface area (Å²) < 4.78 is 37.1. The van der Waals surface area contributed by atoms with Crippen LogP contribution < -0.4 is 5.73 Å². The van der Waals surface area contributed by atoms with Gasteiger partial charge in [-0.15, -0.1) is 0 Å². The molecule has 1 unspecified atom stereocenters. The summed E-state index contributed by atoms with van der Waals surface area (Å²) in [6.07, 6.45) is -3.91. The topological polar surface area (TPSA) is 46.3 Å². The van der Waals surface area contributed by atoms with Gasteiger partial charge in [0.2, 0.25) is 5.91 Å². The van der Waals surface area contributed by atoms with Crippen LogP contribution in [-0.2, 0) is 4.79 Å². The van der Waals surface area contributed by atoms with E-state index in [1.165, 1.54) is 4.90 Å². The van der Waals surface area contributed by atoms with Gasteiger partial charge in [0.05, 0.1) is 5.92 Å². The minimum absolute atomic E-state index is 0.00813. The largest absolute Gasteiger partial charge is 0.391 e. The van der Waals surface area contributed by atoms with E-state index in [-0.39, 0.29) is 44.3 Å². The number of hydrogen-bond acceptors (Lipinski definition) is 2. The molecule has 1 aliphatic rings. The fraction of sp³-hybridized carbons (Fsp3) is 0.900. The van der Waals surface area contributed by atoms with E-state index in [1.807, 2.05) is 0 Å². The maximum Gasteiger partial charge on any atom is 0.391 e. The van der Waals surface area contributed by atoms with Crippen molar-refractivity contribution < 1.29 is 18.0 Å². The smallest absolute Gasteiger partial charge is 0.343 e. The van der Waals surface area contributed by atoms with Gasteiger partial charge in [0.25, 0.3) is 0 Å². The maximum atomic E-state index is 12.4. The molecule has 0 bridgehead atoms. The molecule has 1 aliphatic heterocycles. The molecule has 6 heteroatoms. The fourth-order valence-corrected chi connectivity index (χ4v) is 1.86. The molecule has 0 aromatic rings. The van der Waals surface area contributed by atoms with Crippen LogP contribution in [0.5, 0.6) is 0 Å². The summed E-state index contributed by atoms with van der Waals surface area (Å²) >= 11 is 0. The summed E-state index contributed by atoms with van der Waals surface area (Å²) in [6.45, 7) is 2.09. The van der Waals surface area contributed by atoms with Gasteiger partial charge >= 0.3 is 6.18 Å². The van der Waals surface area contributed by atoms with Gasteiger partial charge in [-0.3, -0.25) is 4.79 Å². The summed E-state index contributed by atoms with van der Waals surface area (Å²) in [6, 6.07) is -0.243. The SMILES string of the molecule is CC(N)CC(=O)N1CCC(C(F)(F)F)CC1. The van der Waals surface area contributed by atoms with Crippen LogP contribution in [0.4, 0.5) is 13.2 Å². The Labute approximate surface area is 92.8 Å². The van der Waals surface area contributed by atoms with Crippen molar-refractivity contribution in [1.29, 1.82) is 0 Å². The summed E-state index contributed by atoms with van der Waals surface area (Å²) in [7, 11) is 0. The molecule has 1 fully saturated rings. The van der Waals surface area contributed by atoms with Crippen molar-refractivity contribution in [2.75, 3.05) is 13.1 Å². The Morgan fingerprint density at radius 3 is 2.31 bits per heavy atom. The standard InChI is InChI=1S/C10H17F3N2O/c1-7(14)6-9(16)15-4-2-8(3-5-15)10(11,12)13/h7-8H,2-6,14H2,1H3. The lowest BCUT2D eigenvalue weighted by Gasteiger charge is -2.33. The van der Waals surface area contributed by atoms with Gasteiger partial charge in [0.1, 0.15) is 0 Å². The molecule has 0 aromatic heterocycles. The zero-order valence-electron chi connectivity index (χ0n) is 9.26. The summed E-state index contributed by atoms with van der Waals surface area (Å²) in [4.78, 5) is 13.0. The zero-order valence-corrected chi connectivity index (χ0v) is 9.26. The number of carbonyl (C=O) groups is 1. The number of rotatable bonds is 2. The highest BCUT2D eigenvalue weighted by atomic mass is 19.4. The molecular formula is C10H17F3N2O. The van der Waals surface area contributed by atoms with Crippen LogP contribution in [0.25, 0.3) is 0 Å². The number of halogens is 3. The fourth-order valence-electron chi connectivity index (χ4n) is 1.86. The second-order valence-corrected chi connectivity index (χ2v) is 4.38. The number of nitrogens with zero attached hydrogens (tertiary/aromatic N) is 1. The Kier molecular flexibility index (Phi) is 4.18. The van der Waals surface area contributed by atoms with Gasteiger partial charge in [0.15, 0.2) is 0 Å². The third-order valence-corrected chi connectivity index (χ3v) is 2.81. The molecule has 3 nitrogen and oxygen atoms in total. The molecule has 2 N–H and O–H groups in total. The second kappa shape index (κ2) is 5.03. The van der Waals surface area contributed by atoms with Crippen molar-refractivity contribution in [1.82, 2.24) is 4.90 Å². The van der Waals surface area contributed by atoms with E-state index in [9.17, 15) is 18.0 Å². The van der Waals surface area contributed by atoms with Gasteiger partial charge in [-0.05, 0) is 19.8 Å². The Morgan fingerprint density at radius 2 is 1.94 bits per heavy atom. The van der Waals surface area contributed by atoms with Crippen molar-refractivity contribution >= 4 is 5.91 Å². The number of likely N-dealkylation sites (tertiary alicyclic amines) is 1. The lowest BCUT2D eigenvalue weighted by Crippen LogP contribution is -2.43. The molecule has 0 aliphatic carbocycles. The Bertz CT molecular complexity index is 245. The first-order valence-corrected chi connectivity index (χ1v) is 5.40. The van der Waals surface area contributed by atoms with Gasteiger partial charge in [-0.1, -0.05) is 0 Å². The van der Waals surface area contributed by atoms with Crippen molar-refractivity contribution in [3.05, 3.63) is 0 Å². The lowest BCUT2D eigenvalue weighted by molar-refractivity contribution is -0.186. The first-order chi connectivity index (χ1) is 7.30. The van der Waals surface area contributed by atoms with Gasteiger partial charge in [0, 0.05) is 25.6 Å². The number of piperidine rings is 1. The quantitative estimate of drug-likeness (QED) is 0.793. The predicted octanol–water partition coefficient (Wildman–Crippen LogP) is 1.52. The van der Waals surface area contributed by atoms with Gasteiger partial charge in [-0.2, -0.15) is 13.2 Å². The minimum Gasteiger partial charge on any atom is -0.343 e. The molecule has 16 heavy (non-hydrogen) atoms. The number of hydrogen-bond donors (Lipinski definition) is 1. The van der Waals surface area contributed by atoms with E-state index >= 15 is 0 Å². The molecule has 0 radical (unpaired) electrons. The number of alkyl halides is 3. The number of amides is 1. The maximum absolute atomic E-state index is 12.4. The molecular weight excluding hydrogens is 221 g/mol. The average molecular weight is 238 g/mol. The van der Waals surface area contributed by atoms with E-state index in [2.05, 4.69) is 0 Å². The van der Waals surface area contributed by atoms with Crippen LogP contribution in [0.15, 0.2) is 0 Å². The summed E-state index contributed by atoms with van der Waals surface area (Å²) in [5.41, 5.74) is 5.47. The van der Waals surface area contributed by atoms with Crippen LogP contribution in [0.3, 0.4) is 0 Å². The Hall–Kier alpha value is -0.780. The molecule has 0 saturated carbocycles. The normalized spacial score (nSPS) is 20.9. The van der Waals surface area contributed by atoms with E-state index in [0.29, 0.717) is 0 Å². The third-order valence-electron chi connectivity index (χ3n) is 2.81. The summed E-state index contributed by atoms with van der Waals surface area (Å²) in [5, 5.41) is 0. The van der Waals surface area contributed by atoms with Crippen LogP contribution in [0, 0.1) is 5.92 Å². The number of nitrogens with two attached hydrogens (primary N) is 1. The van der Waals surface area contributed by atoms with E-state index < -0.39 is 12.1 Å². The second-order valence-electron chi connectivity index (χ2n) is 4.38. The van der Waals surface area contributed by atoms with Crippen molar-refractivity contribution in [3.63, 3.8) is 0 Å². The predicted molar refractivity (Wildman–Crippen MR) is 53.6 cm³/mol. The molecule has 1 heterocycles. The Morgan fingerprint density at radius 1 is 1.44 bits per heavy atom. The average Bonchev–Trinajstić information content (AvgIpc) is 2.15. The van der Waals surface area contributed by atoms with Crippen LogP contribution in [-0.4, -0.2) is 36.1 Å².